The Morgan fingerprint density at radius 2 is 2.06 bits per heavy atom. The first kappa shape index (κ1) is 11.8. The molecule has 0 unspecified atom stereocenters. The third kappa shape index (κ3) is 2.46. The molecule has 96 valence electrons. The molecule has 2 aliphatic rings. The van der Waals surface area contributed by atoms with Crippen molar-refractivity contribution in [1.29, 1.82) is 0 Å². The van der Waals surface area contributed by atoms with Crippen molar-refractivity contribution >= 4 is 17.5 Å². The monoisotopic (exact) mass is 265 g/mol. The molecular weight excluding hydrogens is 250 g/mol. The topological polar surface area (TPSA) is 40.5 Å². The Balaban J connectivity index is 1.83. The maximum atomic E-state index is 12.5. The first-order chi connectivity index (χ1) is 8.65. The van der Waals surface area contributed by atoms with Crippen molar-refractivity contribution in [2.75, 3.05) is 6.54 Å². The number of hydrogen-bond donors (Lipinski definition) is 1. The molecule has 18 heavy (non-hydrogen) atoms. The summed E-state index contributed by atoms with van der Waals surface area (Å²) >= 11 is 5.90. The summed E-state index contributed by atoms with van der Waals surface area (Å²) in [5.74, 6) is 0.603. The Morgan fingerprint density at radius 3 is 2.67 bits per heavy atom. The third-order valence-corrected chi connectivity index (χ3v) is 3.82. The molecule has 2 aliphatic carbocycles. The number of phenolic OH excluding ortho intramolecular Hbond substituents is 1. The number of hydrogen-bond acceptors (Lipinski definition) is 2. The van der Waals surface area contributed by atoms with Crippen molar-refractivity contribution in [1.82, 2.24) is 4.90 Å². The SMILES string of the molecule is O=C(c1cc(Cl)ccc1O)N(CC1CC1)C1CC1. The third-order valence-electron chi connectivity index (χ3n) is 3.59. The highest BCUT2D eigenvalue weighted by Crippen LogP contribution is 2.36. The van der Waals surface area contributed by atoms with E-state index in [1.807, 2.05) is 4.90 Å². The number of carbonyl (C=O) groups is 1. The summed E-state index contributed by atoms with van der Waals surface area (Å²) in [4.78, 5) is 14.4. The molecule has 1 aromatic carbocycles. The summed E-state index contributed by atoms with van der Waals surface area (Å²) in [7, 11) is 0. The van der Waals surface area contributed by atoms with E-state index in [9.17, 15) is 9.90 Å². The van der Waals surface area contributed by atoms with E-state index in [0.29, 0.717) is 22.5 Å². The predicted molar refractivity (Wildman–Crippen MR) is 69.9 cm³/mol. The second kappa shape index (κ2) is 4.47. The normalized spacial score (nSPS) is 18.7. The molecule has 1 amide bonds. The van der Waals surface area contributed by atoms with Gasteiger partial charge in [-0.3, -0.25) is 4.79 Å². The van der Waals surface area contributed by atoms with E-state index in [0.717, 1.165) is 19.4 Å². The minimum atomic E-state index is -0.0793. The smallest absolute Gasteiger partial charge is 0.257 e. The molecule has 0 heterocycles. The van der Waals surface area contributed by atoms with E-state index in [1.165, 1.54) is 18.9 Å². The summed E-state index contributed by atoms with van der Waals surface area (Å²) in [6, 6.07) is 5.01. The van der Waals surface area contributed by atoms with E-state index < -0.39 is 0 Å². The van der Waals surface area contributed by atoms with E-state index in [1.54, 1.807) is 12.1 Å². The largest absolute Gasteiger partial charge is 0.507 e. The van der Waals surface area contributed by atoms with Crippen molar-refractivity contribution < 1.29 is 9.90 Å². The molecule has 3 nitrogen and oxygen atoms in total. The van der Waals surface area contributed by atoms with Gasteiger partial charge in [-0.25, -0.2) is 0 Å². The first-order valence-corrected chi connectivity index (χ1v) is 6.82. The van der Waals surface area contributed by atoms with Crippen LogP contribution in [0.1, 0.15) is 36.0 Å². The lowest BCUT2D eigenvalue weighted by Crippen LogP contribution is -2.34. The van der Waals surface area contributed by atoms with Crippen LogP contribution in [0.2, 0.25) is 5.02 Å². The highest BCUT2D eigenvalue weighted by atomic mass is 35.5. The molecule has 2 fully saturated rings. The highest BCUT2D eigenvalue weighted by Gasteiger charge is 2.37. The van der Waals surface area contributed by atoms with Gasteiger partial charge < -0.3 is 10.0 Å². The van der Waals surface area contributed by atoms with Crippen molar-refractivity contribution in [2.24, 2.45) is 5.92 Å². The predicted octanol–water partition coefficient (Wildman–Crippen LogP) is 3.06. The summed E-state index contributed by atoms with van der Waals surface area (Å²) in [5.41, 5.74) is 0.329. The summed E-state index contributed by atoms with van der Waals surface area (Å²) < 4.78 is 0. The van der Waals surface area contributed by atoms with Crippen LogP contribution in [0.3, 0.4) is 0 Å². The van der Waals surface area contributed by atoms with Gasteiger partial charge in [0.25, 0.3) is 5.91 Å². The molecule has 0 radical (unpaired) electrons. The molecule has 2 saturated carbocycles. The van der Waals surface area contributed by atoms with Gasteiger partial charge in [-0.2, -0.15) is 0 Å². The van der Waals surface area contributed by atoms with Gasteiger partial charge in [0.1, 0.15) is 5.75 Å². The minimum absolute atomic E-state index is 0.0193. The van der Waals surface area contributed by atoms with E-state index in [2.05, 4.69) is 0 Å². The van der Waals surface area contributed by atoms with Crippen LogP contribution in [-0.2, 0) is 0 Å². The average molecular weight is 266 g/mol. The van der Waals surface area contributed by atoms with Crippen LogP contribution in [0.25, 0.3) is 0 Å². The fourth-order valence-electron chi connectivity index (χ4n) is 2.20. The van der Waals surface area contributed by atoms with E-state index in [4.69, 9.17) is 11.6 Å². The second-order valence-corrected chi connectivity index (χ2v) is 5.73. The van der Waals surface area contributed by atoms with Gasteiger partial charge in [0, 0.05) is 17.6 Å². The zero-order chi connectivity index (χ0) is 12.7. The Kier molecular flexibility index (Phi) is 2.94. The van der Waals surface area contributed by atoms with Crippen molar-refractivity contribution in [2.45, 2.75) is 31.7 Å². The summed E-state index contributed by atoms with van der Waals surface area (Å²) in [6.07, 6.45) is 4.61. The molecule has 0 aromatic heterocycles. The number of phenols is 1. The Morgan fingerprint density at radius 1 is 1.33 bits per heavy atom. The van der Waals surface area contributed by atoms with Gasteiger partial charge in [-0.05, 0) is 49.8 Å². The number of nitrogens with zero attached hydrogens (tertiary/aromatic N) is 1. The van der Waals surface area contributed by atoms with E-state index in [-0.39, 0.29) is 11.7 Å². The van der Waals surface area contributed by atoms with Gasteiger partial charge in [0.05, 0.1) is 5.56 Å². The lowest BCUT2D eigenvalue weighted by atomic mass is 10.1. The fourth-order valence-corrected chi connectivity index (χ4v) is 2.37. The summed E-state index contributed by atoms with van der Waals surface area (Å²) in [5, 5.41) is 10.3. The van der Waals surface area contributed by atoms with Crippen LogP contribution in [-0.4, -0.2) is 28.5 Å². The number of carbonyl (C=O) groups excluding carboxylic acids is 1. The van der Waals surface area contributed by atoms with Crippen LogP contribution in [0, 0.1) is 5.92 Å². The van der Waals surface area contributed by atoms with Crippen molar-refractivity contribution in [3.63, 3.8) is 0 Å². The van der Waals surface area contributed by atoms with Crippen LogP contribution in [0.15, 0.2) is 18.2 Å². The maximum absolute atomic E-state index is 12.5. The zero-order valence-electron chi connectivity index (χ0n) is 10.1. The molecule has 0 spiro atoms. The van der Waals surface area contributed by atoms with Gasteiger partial charge >= 0.3 is 0 Å². The summed E-state index contributed by atoms with van der Waals surface area (Å²) in [6.45, 7) is 0.829. The van der Waals surface area contributed by atoms with Crippen LogP contribution < -0.4 is 0 Å². The first-order valence-electron chi connectivity index (χ1n) is 6.44. The van der Waals surface area contributed by atoms with Gasteiger partial charge in [0.15, 0.2) is 0 Å². The Labute approximate surface area is 111 Å². The van der Waals surface area contributed by atoms with Crippen molar-refractivity contribution in [3.8, 4) is 5.75 Å². The zero-order valence-corrected chi connectivity index (χ0v) is 10.9. The highest BCUT2D eigenvalue weighted by molar-refractivity contribution is 6.31. The quantitative estimate of drug-likeness (QED) is 0.909. The number of rotatable bonds is 4. The lowest BCUT2D eigenvalue weighted by Gasteiger charge is -2.22. The van der Waals surface area contributed by atoms with E-state index >= 15 is 0 Å². The van der Waals surface area contributed by atoms with Crippen LogP contribution in [0.4, 0.5) is 0 Å². The Bertz CT molecular complexity index is 481. The number of benzene rings is 1. The number of amides is 1. The van der Waals surface area contributed by atoms with Gasteiger partial charge in [0.2, 0.25) is 0 Å². The second-order valence-electron chi connectivity index (χ2n) is 5.29. The lowest BCUT2D eigenvalue weighted by molar-refractivity contribution is 0.0732. The molecule has 0 saturated heterocycles. The molecule has 1 aromatic rings. The molecule has 0 aliphatic heterocycles. The van der Waals surface area contributed by atoms with Crippen LogP contribution >= 0.6 is 11.6 Å². The molecule has 0 atom stereocenters. The average Bonchev–Trinajstić information content (AvgIpc) is 3.21. The van der Waals surface area contributed by atoms with Crippen molar-refractivity contribution in [3.05, 3.63) is 28.8 Å². The molecule has 0 bridgehead atoms. The number of halogens is 1. The van der Waals surface area contributed by atoms with Gasteiger partial charge in [-0.1, -0.05) is 11.6 Å². The van der Waals surface area contributed by atoms with Crippen LogP contribution in [0.5, 0.6) is 5.75 Å². The van der Waals surface area contributed by atoms with Gasteiger partial charge in [-0.15, -0.1) is 0 Å². The molecule has 4 heteroatoms. The molecular formula is C14H16ClNO2. The molecule has 1 N–H and O–H groups in total. The molecule has 3 rings (SSSR count). The maximum Gasteiger partial charge on any atom is 0.257 e. The Hall–Kier alpha value is -1.22. The minimum Gasteiger partial charge on any atom is -0.507 e. The standard InChI is InChI=1S/C14H16ClNO2/c15-10-3-6-13(17)12(7-10)14(18)16(11-4-5-11)8-9-1-2-9/h3,6-7,9,11,17H,1-2,4-5,8H2. The fraction of sp³-hybridized carbons (Fsp3) is 0.500. The number of aromatic hydroxyl groups is 1.